The highest BCUT2D eigenvalue weighted by Crippen LogP contribution is 2.32. The van der Waals surface area contributed by atoms with Crippen LogP contribution >= 0.6 is 0 Å². The molecule has 4 nitrogen and oxygen atoms in total. The lowest BCUT2D eigenvalue weighted by molar-refractivity contribution is 0.340. The number of methoxy groups -OCH3 is 1. The van der Waals surface area contributed by atoms with Gasteiger partial charge in [0, 0.05) is 18.3 Å². The van der Waals surface area contributed by atoms with E-state index in [-0.39, 0.29) is 5.56 Å². The summed E-state index contributed by atoms with van der Waals surface area (Å²) in [7, 11) is 1.55. The van der Waals surface area contributed by atoms with E-state index in [0.717, 1.165) is 18.9 Å². The monoisotopic (exact) mass is 208 g/mol. The van der Waals surface area contributed by atoms with Gasteiger partial charge in [0.15, 0.2) is 0 Å². The van der Waals surface area contributed by atoms with E-state index < -0.39 is 0 Å². The van der Waals surface area contributed by atoms with Gasteiger partial charge in [-0.25, -0.2) is 4.98 Å². The largest absolute Gasteiger partial charge is 0.468 e. The van der Waals surface area contributed by atoms with E-state index >= 15 is 0 Å². The Morgan fingerprint density at radius 3 is 2.93 bits per heavy atom. The van der Waals surface area contributed by atoms with Crippen LogP contribution in [-0.2, 0) is 6.54 Å². The second kappa shape index (κ2) is 4.04. The van der Waals surface area contributed by atoms with Crippen molar-refractivity contribution >= 4 is 0 Å². The summed E-state index contributed by atoms with van der Waals surface area (Å²) >= 11 is 0. The number of aryl methyl sites for hydroxylation is 1. The van der Waals surface area contributed by atoms with Gasteiger partial charge in [-0.05, 0) is 19.3 Å². The zero-order valence-corrected chi connectivity index (χ0v) is 9.19. The van der Waals surface area contributed by atoms with E-state index in [1.54, 1.807) is 24.7 Å². The highest BCUT2D eigenvalue weighted by atomic mass is 16.5. The van der Waals surface area contributed by atoms with Crippen molar-refractivity contribution in [3.63, 3.8) is 0 Å². The van der Waals surface area contributed by atoms with Crippen molar-refractivity contribution in [3.8, 4) is 6.01 Å². The number of aromatic nitrogens is 2. The standard InChI is InChI=1S/C11H16N2O2/c1-8-7-10(14)13(11(12-8)15-2)6-5-9-3-4-9/h7,9H,3-6H2,1-2H3. The average Bonchev–Trinajstić information content (AvgIpc) is 2.99. The summed E-state index contributed by atoms with van der Waals surface area (Å²) in [5.74, 6) is 0.808. The maximum Gasteiger partial charge on any atom is 0.299 e. The molecule has 0 amide bonds. The lowest BCUT2D eigenvalue weighted by atomic mass is 10.3. The highest BCUT2D eigenvalue weighted by Gasteiger charge is 2.21. The van der Waals surface area contributed by atoms with Crippen molar-refractivity contribution < 1.29 is 4.74 Å². The summed E-state index contributed by atoms with van der Waals surface area (Å²) in [5, 5.41) is 0. The van der Waals surface area contributed by atoms with E-state index in [4.69, 9.17) is 4.74 Å². The van der Waals surface area contributed by atoms with Gasteiger partial charge < -0.3 is 4.74 Å². The number of hydrogen-bond acceptors (Lipinski definition) is 3. The van der Waals surface area contributed by atoms with Gasteiger partial charge in [-0.3, -0.25) is 9.36 Å². The fourth-order valence-corrected chi connectivity index (χ4v) is 1.67. The van der Waals surface area contributed by atoms with Crippen LogP contribution in [0.4, 0.5) is 0 Å². The molecule has 0 N–H and O–H groups in total. The fraction of sp³-hybridized carbons (Fsp3) is 0.636. The summed E-state index contributed by atoms with van der Waals surface area (Å²) in [4.78, 5) is 15.9. The van der Waals surface area contributed by atoms with Gasteiger partial charge >= 0.3 is 0 Å². The molecule has 2 rings (SSSR count). The first-order valence-corrected chi connectivity index (χ1v) is 5.33. The molecule has 1 aliphatic rings. The third kappa shape index (κ3) is 2.37. The molecule has 0 saturated heterocycles. The fourth-order valence-electron chi connectivity index (χ4n) is 1.67. The zero-order valence-electron chi connectivity index (χ0n) is 9.19. The SMILES string of the molecule is COc1nc(C)cc(=O)n1CCC1CC1. The van der Waals surface area contributed by atoms with Crippen LogP contribution in [-0.4, -0.2) is 16.7 Å². The molecule has 0 aliphatic heterocycles. The van der Waals surface area contributed by atoms with Gasteiger partial charge in [-0.15, -0.1) is 0 Å². The highest BCUT2D eigenvalue weighted by molar-refractivity contribution is 5.06. The molecule has 1 saturated carbocycles. The number of nitrogens with zero attached hydrogens (tertiary/aromatic N) is 2. The van der Waals surface area contributed by atoms with Gasteiger partial charge in [0.25, 0.3) is 11.6 Å². The molecule has 0 atom stereocenters. The van der Waals surface area contributed by atoms with Crippen molar-refractivity contribution in [3.05, 3.63) is 22.1 Å². The Hall–Kier alpha value is -1.32. The molecule has 82 valence electrons. The number of hydrogen-bond donors (Lipinski definition) is 0. The summed E-state index contributed by atoms with van der Waals surface area (Å²) in [5.41, 5.74) is 0.694. The summed E-state index contributed by atoms with van der Waals surface area (Å²) < 4.78 is 6.73. The maximum atomic E-state index is 11.7. The smallest absolute Gasteiger partial charge is 0.299 e. The predicted octanol–water partition coefficient (Wildman–Crippen LogP) is 1.36. The van der Waals surface area contributed by atoms with Crippen LogP contribution in [0, 0.1) is 12.8 Å². The average molecular weight is 208 g/mol. The molecule has 4 heteroatoms. The molecule has 1 fully saturated rings. The Bertz CT molecular complexity index is 408. The Morgan fingerprint density at radius 2 is 2.33 bits per heavy atom. The van der Waals surface area contributed by atoms with Gasteiger partial charge in [0.2, 0.25) is 0 Å². The van der Waals surface area contributed by atoms with Crippen LogP contribution in [0.3, 0.4) is 0 Å². The molecular weight excluding hydrogens is 192 g/mol. The first-order valence-electron chi connectivity index (χ1n) is 5.33. The summed E-state index contributed by atoms with van der Waals surface area (Å²) in [6, 6.07) is 1.98. The molecule has 1 aromatic heterocycles. The van der Waals surface area contributed by atoms with Crippen LogP contribution in [0.2, 0.25) is 0 Å². The second-order valence-corrected chi connectivity index (χ2v) is 4.11. The lowest BCUT2D eigenvalue weighted by Crippen LogP contribution is -2.23. The van der Waals surface area contributed by atoms with E-state index in [2.05, 4.69) is 4.98 Å². The van der Waals surface area contributed by atoms with Crippen LogP contribution < -0.4 is 10.3 Å². The summed E-state index contributed by atoms with van der Waals surface area (Å²) in [6.45, 7) is 2.52. The van der Waals surface area contributed by atoms with Gasteiger partial charge in [0.1, 0.15) is 0 Å². The minimum Gasteiger partial charge on any atom is -0.468 e. The van der Waals surface area contributed by atoms with E-state index in [1.165, 1.54) is 12.8 Å². The minimum atomic E-state index is -0.0139. The molecule has 0 bridgehead atoms. The molecule has 0 spiro atoms. The predicted molar refractivity (Wildman–Crippen MR) is 57.1 cm³/mol. The molecule has 1 aliphatic carbocycles. The first kappa shape index (κ1) is 10.2. The second-order valence-electron chi connectivity index (χ2n) is 4.11. The molecule has 1 heterocycles. The third-order valence-corrected chi connectivity index (χ3v) is 2.74. The molecule has 0 unspecified atom stereocenters. The molecular formula is C11H16N2O2. The van der Waals surface area contributed by atoms with Crippen molar-refractivity contribution in [1.29, 1.82) is 0 Å². The summed E-state index contributed by atoms with van der Waals surface area (Å²) in [6.07, 6.45) is 3.66. The van der Waals surface area contributed by atoms with Crippen LogP contribution in [0.1, 0.15) is 25.0 Å². The van der Waals surface area contributed by atoms with E-state index in [9.17, 15) is 4.79 Å². The van der Waals surface area contributed by atoms with Gasteiger partial charge in [-0.1, -0.05) is 12.8 Å². The van der Waals surface area contributed by atoms with Crippen molar-refractivity contribution in [2.75, 3.05) is 7.11 Å². The Kier molecular flexibility index (Phi) is 2.75. The Balaban J connectivity index is 2.22. The molecule has 0 radical (unpaired) electrons. The molecule has 1 aromatic rings. The van der Waals surface area contributed by atoms with E-state index in [1.807, 2.05) is 0 Å². The number of ether oxygens (including phenoxy) is 1. The van der Waals surface area contributed by atoms with Crippen LogP contribution in [0.5, 0.6) is 6.01 Å². The van der Waals surface area contributed by atoms with Gasteiger partial charge in [-0.2, -0.15) is 0 Å². The van der Waals surface area contributed by atoms with Crippen LogP contribution in [0.25, 0.3) is 0 Å². The van der Waals surface area contributed by atoms with E-state index in [0.29, 0.717) is 11.7 Å². The molecule has 15 heavy (non-hydrogen) atoms. The minimum absolute atomic E-state index is 0.0139. The zero-order chi connectivity index (χ0) is 10.8. The van der Waals surface area contributed by atoms with Crippen LogP contribution in [0.15, 0.2) is 10.9 Å². The molecule has 0 aromatic carbocycles. The Labute approximate surface area is 88.9 Å². The van der Waals surface area contributed by atoms with Crippen molar-refractivity contribution in [2.45, 2.75) is 32.7 Å². The topological polar surface area (TPSA) is 44.1 Å². The Morgan fingerprint density at radius 1 is 1.60 bits per heavy atom. The first-order chi connectivity index (χ1) is 7.20. The van der Waals surface area contributed by atoms with Crippen molar-refractivity contribution in [2.24, 2.45) is 5.92 Å². The van der Waals surface area contributed by atoms with Gasteiger partial charge in [0.05, 0.1) is 7.11 Å². The quantitative estimate of drug-likeness (QED) is 0.750. The normalized spacial score (nSPS) is 15.3. The number of rotatable bonds is 4. The lowest BCUT2D eigenvalue weighted by Gasteiger charge is -2.10. The third-order valence-electron chi connectivity index (χ3n) is 2.74. The maximum absolute atomic E-state index is 11.7. The van der Waals surface area contributed by atoms with Crippen molar-refractivity contribution in [1.82, 2.24) is 9.55 Å².